The van der Waals surface area contributed by atoms with Gasteiger partial charge in [-0.15, -0.1) is 0 Å². The van der Waals surface area contributed by atoms with Crippen LogP contribution in [0.25, 0.3) is 0 Å². The van der Waals surface area contributed by atoms with Gasteiger partial charge >= 0.3 is 0 Å². The van der Waals surface area contributed by atoms with Gasteiger partial charge in [0.15, 0.2) is 0 Å². The standard InChI is InChI=1S/C15H12F4N4/c16-10-5-11(17)15(19)13(14(10)18)9-3-1-2-4-12(9)23-22-8(6-20)7-21/h1-4,10-11,13-15,23H,5H2. The number of hydrogen-bond donors (Lipinski definition) is 1. The molecule has 4 unspecified atom stereocenters. The lowest BCUT2D eigenvalue weighted by Gasteiger charge is -2.35. The van der Waals surface area contributed by atoms with Crippen LogP contribution in [0.5, 0.6) is 0 Å². The largest absolute Gasteiger partial charge is 0.276 e. The van der Waals surface area contributed by atoms with Crippen LogP contribution in [0.1, 0.15) is 17.9 Å². The zero-order chi connectivity index (χ0) is 17.0. The smallest absolute Gasteiger partial charge is 0.237 e. The summed E-state index contributed by atoms with van der Waals surface area (Å²) in [5, 5.41) is 20.7. The molecule has 2 rings (SSSR count). The number of alkyl halides is 4. The van der Waals surface area contributed by atoms with E-state index >= 15 is 0 Å². The number of nitrogens with zero attached hydrogens (tertiary/aromatic N) is 3. The van der Waals surface area contributed by atoms with Crippen molar-refractivity contribution in [1.29, 1.82) is 10.5 Å². The quantitative estimate of drug-likeness (QED) is 0.526. The number of nitrogens with one attached hydrogen (secondary N) is 1. The van der Waals surface area contributed by atoms with Gasteiger partial charge in [-0.1, -0.05) is 18.2 Å². The lowest BCUT2D eigenvalue weighted by molar-refractivity contribution is -0.00551. The van der Waals surface area contributed by atoms with Crippen molar-refractivity contribution in [2.24, 2.45) is 5.10 Å². The zero-order valence-electron chi connectivity index (χ0n) is 11.8. The second-order valence-corrected chi connectivity index (χ2v) is 5.07. The van der Waals surface area contributed by atoms with Gasteiger partial charge in [-0.25, -0.2) is 17.6 Å². The molecule has 0 amide bonds. The SMILES string of the molecule is N#CC(C#N)=NNc1ccccc1C1C(F)C(F)CC(F)C1F. The third-order valence-corrected chi connectivity index (χ3v) is 3.65. The molecule has 1 aliphatic rings. The Balaban J connectivity index is 2.38. The molecule has 0 aliphatic heterocycles. The highest BCUT2D eigenvalue weighted by Crippen LogP contribution is 2.42. The van der Waals surface area contributed by atoms with E-state index in [1.54, 1.807) is 0 Å². The summed E-state index contributed by atoms with van der Waals surface area (Å²) in [6.45, 7) is 0. The molecular weight excluding hydrogens is 312 g/mol. The van der Waals surface area contributed by atoms with E-state index in [0.29, 0.717) is 0 Å². The first-order valence-corrected chi connectivity index (χ1v) is 6.78. The second kappa shape index (κ2) is 7.10. The number of nitriles is 2. The van der Waals surface area contributed by atoms with Gasteiger partial charge in [-0.05, 0) is 11.6 Å². The fourth-order valence-electron chi connectivity index (χ4n) is 2.52. The number of anilines is 1. The summed E-state index contributed by atoms with van der Waals surface area (Å²) in [5.74, 6) is -1.64. The zero-order valence-corrected chi connectivity index (χ0v) is 11.8. The van der Waals surface area contributed by atoms with E-state index in [1.165, 1.54) is 36.4 Å². The first-order chi connectivity index (χ1) is 11.0. The molecule has 1 aliphatic carbocycles. The Morgan fingerprint density at radius 3 is 2.17 bits per heavy atom. The van der Waals surface area contributed by atoms with E-state index in [9.17, 15) is 17.6 Å². The van der Waals surface area contributed by atoms with E-state index in [-0.39, 0.29) is 11.3 Å². The maximum atomic E-state index is 14.1. The monoisotopic (exact) mass is 324 g/mol. The van der Waals surface area contributed by atoms with Gasteiger partial charge in [0.05, 0.1) is 11.6 Å². The molecule has 4 nitrogen and oxygen atoms in total. The van der Waals surface area contributed by atoms with Gasteiger partial charge in [0.1, 0.15) is 36.8 Å². The van der Waals surface area contributed by atoms with E-state index in [1.807, 2.05) is 0 Å². The van der Waals surface area contributed by atoms with Crippen molar-refractivity contribution < 1.29 is 17.6 Å². The number of benzene rings is 1. The van der Waals surface area contributed by atoms with Gasteiger partial charge in [0.25, 0.3) is 0 Å². The first-order valence-electron chi connectivity index (χ1n) is 6.78. The summed E-state index contributed by atoms with van der Waals surface area (Å²) >= 11 is 0. The van der Waals surface area contributed by atoms with Crippen LogP contribution >= 0.6 is 0 Å². The van der Waals surface area contributed by atoms with Gasteiger partial charge in [-0.2, -0.15) is 15.6 Å². The predicted molar refractivity (Wildman–Crippen MR) is 75.7 cm³/mol. The predicted octanol–water partition coefficient (Wildman–Crippen LogP) is 3.34. The molecule has 8 heteroatoms. The molecule has 1 aromatic carbocycles. The van der Waals surface area contributed by atoms with Crippen molar-refractivity contribution in [2.45, 2.75) is 37.0 Å². The van der Waals surface area contributed by atoms with Crippen molar-refractivity contribution in [1.82, 2.24) is 0 Å². The normalized spacial score (nSPS) is 29.9. The molecule has 0 aromatic heterocycles. The van der Waals surface area contributed by atoms with Crippen LogP contribution in [0.2, 0.25) is 0 Å². The summed E-state index contributed by atoms with van der Waals surface area (Å²) in [6.07, 6.45) is -9.43. The summed E-state index contributed by atoms with van der Waals surface area (Å²) in [6, 6.07) is 8.72. The Morgan fingerprint density at radius 2 is 1.61 bits per heavy atom. The topological polar surface area (TPSA) is 72.0 Å². The fraction of sp³-hybridized carbons (Fsp3) is 0.400. The average molecular weight is 324 g/mol. The number of hydrogen-bond acceptors (Lipinski definition) is 4. The van der Waals surface area contributed by atoms with Crippen LogP contribution in [-0.2, 0) is 0 Å². The summed E-state index contributed by atoms with van der Waals surface area (Å²) in [5.41, 5.74) is 1.92. The van der Waals surface area contributed by atoms with Gasteiger partial charge in [-0.3, -0.25) is 5.43 Å². The average Bonchev–Trinajstić information content (AvgIpc) is 2.55. The van der Waals surface area contributed by atoms with Crippen molar-refractivity contribution >= 4 is 11.4 Å². The maximum Gasteiger partial charge on any atom is 0.237 e. The van der Waals surface area contributed by atoms with E-state index in [4.69, 9.17) is 10.5 Å². The highest BCUT2D eigenvalue weighted by molar-refractivity contribution is 6.10. The Labute approximate surface area is 130 Å². The number of para-hydroxylation sites is 1. The lowest BCUT2D eigenvalue weighted by atomic mass is 9.78. The summed E-state index contributed by atoms with van der Waals surface area (Å²) in [4.78, 5) is 0. The number of rotatable bonds is 3. The highest BCUT2D eigenvalue weighted by Gasteiger charge is 2.47. The van der Waals surface area contributed by atoms with Crippen LogP contribution in [0.3, 0.4) is 0 Å². The molecule has 23 heavy (non-hydrogen) atoms. The first kappa shape index (κ1) is 16.8. The molecule has 0 saturated heterocycles. The van der Waals surface area contributed by atoms with E-state index in [0.717, 1.165) is 0 Å². The fourth-order valence-corrected chi connectivity index (χ4v) is 2.52. The molecule has 1 N–H and O–H groups in total. The number of hydrazone groups is 1. The Bertz CT molecular complexity index is 649. The molecule has 1 aromatic rings. The maximum absolute atomic E-state index is 14.1. The number of halogens is 4. The van der Waals surface area contributed by atoms with Gasteiger partial charge in [0.2, 0.25) is 5.71 Å². The lowest BCUT2D eigenvalue weighted by Crippen LogP contribution is -2.44. The Morgan fingerprint density at radius 1 is 1.04 bits per heavy atom. The van der Waals surface area contributed by atoms with Crippen LogP contribution in [0.4, 0.5) is 23.2 Å². The van der Waals surface area contributed by atoms with Crippen LogP contribution < -0.4 is 5.43 Å². The molecule has 4 atom stereocenters. The molecule has 0 heterocycles. The molecular formula is C15H12F4N4. The molecule has 0 radical (unpaired) electrons. The minimum atomic E-state index is -2.20. The third-order valence-electron chi connectivity index (χ3n) is 3.65. The van der Waals surface area contributed by atoms with Crippen molar-refractivity contribution in [2.75, 3.05) is 5.43 Å². The van der Waals surface area contributed by atoms with Crippen LogP contribution in [-0.4, -0.2) is 30.4 Å². The molecule has 0 spiro atoms. The molecule has 1 fully saturated rings. The molecule has 0 bridgehead atoms. The van der Waals surface area contributed by atoms with Gasteiger partial charge in [0, 0.05) is 6.42 Å². The molecule has 1 saturated carbocycles. The van der Waals surface area contributed by atoms with Crippen molar-refractivity contribution in [3.05, 3.63) is 29.8 Å². The van der Waals surface area contributed by atoms with E-state index in [2.05, 4.69) is 10.5 Å². The highest BCUT2D eigenvalue weighted by atomic mass is 19.2. The van der Waals surface area contributed by atoms with Crippen LogP contribution in [0.15, 0.2) is 29.4 Å². The van der Waals surface area contributed by atoms with Crippen molar-refractivity contribution in [3.63, 3.8) is 0 Å². The Kier molecular flexibility index (Phi) is 5.17. The summed E-state index contributed by atoms with van der Waals surface area (Å²) < 4.78 is 55.4. The Hall–Kier alpha value is -2.61. The summed E-state index contributed by atoms with van der Waals surface area (Å²) in [7, 11) is 0. The van der Waals surface area contributed by atoms with Crippen LogP contribution in [0, 0.1) is 22.7 Å². The minimum absolute atomic E-state index is 0.00326. The minimum Gasteiger partial charge on any atom is -0.276 e. The van der Waals surface area contributed by atoms with E-state index < -0.39 is 42.7 Å². The second-order valence-electron chi connectivity index (χ2n) is 5.07. The molecule has 120 valence electrons. The van der Waals surface area contributed by atoms with Crippen molar-refractivity contribution in [3.8, 4) is 12.1 Å². The van der Waals surface area contributed by atoms with Gasteiger partial charge < -0.3 is 0 Å². The third kappa shape index (κ3) is 3.42.